The number of benzene rings is 1. The van der Waals surface area contributed by atoms with Crippen molar-refractivity contribution in [1.82, 2.24) is 15.2 Å². The molecule has 8 heteroatoms. The van der Waals surface area contributed by atoms with E-state index >= 15 is 0 Å². The summed E-state index contributed by atoms with van der Waals surface area (Å²) in [4.78, 5) is 43.0. The van der Waals surface area contributed by atoms with Gasteiger partial charge < -0.3 is 20.3 Å². The monoisotopic (exact) mass is 438 g/mol. The Morgan fingerprint density at radius 3 is 2.56 bits per heavy atom. The highest BCUT2D eigenvalue weighted by atomic mass is 16.5. The standard InChI is InChI=1S/C24H30N4O4/c29-22(27-21-10-4-5-14-25-21)11-12-24(31)28(17-20-9-6-16-32-20)18-23(30)26-15-13-19-7-2-1-3-8-19/h1-5,7-8,10,14,20H,6,9,11-13,15-18H2,(H,26,30)(H,25,27,29)/t20-/m1/s1. The van der Waals surface area contributed by atoms with E-state index in [1.54, 1.807) is 24.4 Å². The van der Waals surface area contributed by atoms with Crippen LogP contribution in [0.4, 0.5) is 5.82 Å². The Morgan fingerprint density at radius 2 is 1.84 bits per heavy atom. The number of rotatable bonds is 11. The molecule has 170 valence electrons. The maximum absolute atomic E-state index is 12.8. The van der Waals surface area contributed by atoms with Crippen molar-refractivity contribution >= 4 is 23.5 Å². The van der Waals surface area contributed by atoms with Gasteiger partial charge in [-0.15, -0.1) is 0 Å². The predicted molar refractivity (Wildman–Crippen MR) is 121 cm³/mol. The van der Waals surface area contributed by atoms with Crippen LogP contribution in [0.5, 0.6) is 0 Å². The average molecular weight is 439 g/mol. The van der Waals surface area contributed by atoms with E-state index in [-0.39, 0.29) is 43.2 Å². The van der Waals surface area contributed by atoms with Crippen molar-refractivity contribution in [1.29, 1.82) is 0 Å². The highest BCUT2D eigenvalue weighted by Gasteiger charge is 2.24. The van der Waals surface area contributed by atoms with E-state index in [0.29, 0.717) is 25.5 Å². The lowest BCUT2D eigenvalue weighted by Crippen LogP contribution is -2.44. The minimum absolute atomic E-state index is 0.0165. The van der Waals surface area contributed by atoms with Gasteiger partial charge in [-0.3, -0.25) is 14.4 Å². The van der Waals surface area contributed by atoms with E-state index in [2.05, 4.69) is 15.6 Å². The second kappa shape index (κ2) is 12.6. The van der Waals surface area contributed by atoms with Gasteiger partial charge in [0, 0.05) is 38.7 Å². The van der Waals surface area contributed by atoms with Gasteiger partial charge in [0.25, 0.3) is 0 Å². The third-order valence-electron chi connectivity index (χ3n) is 5.21. The molecule has 1 saturated heterocycles. The molecule has 1 aromatic carbocycles. The number of hydrogen-bond acceptors (Lipinski definition) is 5. The van der Waals surface area contributed by atoms with Gasteiger partial charge in [0.1, 0.15) is 5.82 Å². The third-order valence-corrected chi connectivity index (χ3v) is 5.21. The summed E-state index contributed by atoms with van der Waals surface area (Å²) in [5, 5.41) is 5.55. The molecule has 0 bridgehead atoms. The van der Waals surface area contributed by atoms with Gasteiger partial charge in [-0.25, -0.2) is 4.98 Å². The number of hydrogen-bond donors (Lipinski definition) is 2. The first-order valence-corrected chi connectivity index (χ1v) is 11.0. The van der Waals surface area contributed by atoms with E-state index in [4.69, 9.17) is 4.74 Å². The van der Waals surface area contributed by atoms with Gasteiger partial charge in [0.15, 0.2) is 0 Å². The van der Waals surface area contributed by atoms with E-state index in [1.807, 2.05) is 30.3 Å². The fourth-order valence-corrected chi connectivity index (χ4v) is 3.53. The SMILES string of the molecule is O=C(CN(C[C@H]1CCCO1)C(=O)CCC(=O)Nc1ccccn1)NCCc1ccccc1. The van der Waals surface area contributed by atoms with Crippen LogP contribution in [-0.4, -0.2) is 60.0 Å². The Kier molecular flexibility index (Phi) is 9.19. The molecule has 1 atom stereocenters. The quantitative estimate of drug-likeness (QED) is 0.560. The third kappa shape index (κ3) is 8.11. The largest absolute Gasteiger partial charge is 0.376 e. The van der Waals surface area contributed by atoms with Crippen LogP contribution in [0.2, 0.25) is 0 Å². The lowest BCUT2D eigenvalue weighted by Gasteiger charge is -2.25. The van der Waals surface area contributed by atoms with Crippen molar-refractivity contribution in [2.24, 2.45) is 0 Å². The number of nitrogens with zero attached hydrogens (tertiary/aromatic N) is 2. The summed E-state index contributed by atoms with van der Waals surface area (Å²) < 4.78 is 5.65. The van der Waals surface area contributed by atoms with Gasteiger partial charge in [-0.05, 0) is 37.0 Å². The van der Waals surface area contributed by atoms with E-state index in [1.165, 1.54) is 4.90 Å². The van der Waals surface area contributed by atoms with Gasteiger partial charge in [0.05, 0.1) is 12.6 Å². The molecule has 1 fully saturated rings. The number of ether oxygens (including phenoxy) is 1. The zero-order valence-electron chi connectivity index (χ0n) is 18.2. The fourth-order valence-electron chi connectivity index (χ4n) is 3.53. The smallest absolute Gasteiger partial charge is 0.239 e. The molecule has 0 aliphatic carbocycles. The topological polar surface area (TPSA) is 101 Å². The maximum atomic E-state index is 12.8. The molecule has 2 N–H and O–H groups in total. The number of pyridine rings is 1. The molecule has 3 rings (SSSR count). The zero-order chi connectivity index (χ0) is 22.6. The summed E-state index contributed by atoms with van der Waals surface area (Å²) in [7, 11) is 0. The molecule has 1 aliphatic rings. The summed E-state index contributed by atoms with van der Waals surface area (Å²) in [5.41, 5.74) is 1.14. The number of carbonyl (C=O) groups excluding carboxylic acids is 3. The molecule has 3 amide bonds. The first kappa shape index (κ1) is 23.4. The van der Waals surface area contributed by atoms with Gasteiger partial charge in [-0.1, -0.05) is 36.4 Å². The summed E-state index contributed by atoms with van der Waals surface area (Å²) >= 11 is 0. The second-order valence-electron chi connectivity index (χ2n) is 7.76. The normalized spacial score (nSPS) is 15.2. The maximum Gasteiger partial charge on any atom is 0.239 e. The minimum Gasteiger partial charge on any atom is -0.376 e. The van der Waals surface area contributed by atoms with Crippen molar-refractivity contribution in [3.8, 4) is 0 Å². The van der Waals surface area contributed by atoms with Crippen molar-refractivity contribution in [3.63, 3.8) is 0 Å². The molecule has 0 saturated carbocycles. The number of anilines is 1. The first-order valence-electron chi connectivity index (χ1n) is 11.0. The average Bonchev–Trinajstić information content (AvgIpc) is 3.32. The van der Waals surface area contributed by atoms with Gasteiger partial charge >= 0.3 is 0 Å². The summed E-state index contributed by atoms with van der Waals surface area (Å²) in [6.07, 6.45) is 4.08. The van der Waals surface area contributed by atoms with E-state index < -0.39 is 0 Å². The number of carbonyl (C=O) groups is 3. The van der Waals surface area contributed by atoms with Crippen molar-refractivity contribution in [2.45, 2.75) is 38.2 Å². The molecule has 1 aromatic heterocycles. The van der Waals surface area contributed by atoms with Crippen molar-refractivity contribution in [3.05, 3.63) is 60.3 Å². The van der Waals surface area contributed by atoms with E-state index in [0.717, 1.165) is 24.8 Å². The molecule has 8 nitrogen and oxygen atoms in total. The lowest BCUT2D eigenvalue weighted by atomic mass is 10.1. The molecular weight excluding hydrogens is 408 g/mol. The van der Waals surface area contributed by atoms with Crippen molar-refractivity contribution < 1.29 is 19.1 Å². The molecule has 1 aliphatic heterocycles. The summed E-state index contributed by atoms with van der Waals surface area (Å²) in [5.74, 6) is -0.305. The van der Waals surface area contributed by atoms with Crippen LogP contribution >= 0.6 is 0 Å². The number of nitrogens with one attached hydrogen (secondary N) is 2. The second-order valence-corrected chi connectivity index (χ2v) is 7.76. The van der Waals surface area contributed by atoms with Gasteiger partial charge in [0.2, 0.25) is 17.7 Å². The number of amides is 3. The summed E-state index contributed by atoms with van der Waals surface area (Å²) in [6, 6.07) is 15.1. The van der Waals surface area contributed by atoms with Crippen LogP contribution in [0.25, 0.3) is 0 Å². The molecule has 2 heterocycles. The van der Waals surface area contributed by atoms with Crippen LogP contribution in [0.1, 0.15) is 31.2 Å². The molecule has 0 radical (unpaired) electrons. The van der Waals surface area contributed by atoms with Gasteiger partial charge in [-0.2, -0.15) is 0 Å². The molecular formula is C24H30N4O4. The molecule has 32 heavy (non-hydrogen) atoms. The zero-order valence-corrected chi connectivity index (χ0v) is 18.2. The highest BCUT2D eigenvalue weighted by molar-refractivity contribution is 5.93. The first-order chi connectivity index (χ1) is 15.6. The fraction of sp³-hybridized carbons (Fsp3) is 0.417. The molecule has 2 aromatic rings. The Morgan fingerprint density at radius 1 is 1.03 bits per heavy atom. The van der Waals surface area contributed by atoms with Crippen LogP contribution in [0, 0.1) is 0 Å². The van der Waals surface area contributed by atoms with Crippen LogP contribution in [0.15, 0.2) is 54.7 Å². The Hall–Kier alpha value is -3.26. The minimum atomic E-state index is -0.290. The highest BCUT2D eigenvalue weighted by Crippen LogP contribution is 2.14. The molecule has 0 spiro atoms. The predicted octanol–water partition coefficient (Wildman–Crippen LogP) is 2.17. The Balaban J connectivity index is 1.47. The summed E-state index contributed by atoms with van der Waals surface area (Å²) in [6.45, 7) is 1.47. The molecule has 0 unspecified atom stereocenters. The van der Waals surface area contributed by atoms with E-state index in [9.17, 15) is 14.4 Å². The van der Waals surface area contributed by atoms with Crippen LogP contribution in [0.3, 0.4) is 0 Å². The Labute approximate surface area is 188 Å². The Bertz CT molecular complexity index is 870. The number of aromatic nitrogens is 1. The van der Waals surface area contributed by atoms with Crippen molar-refractivity contribution in [2.75, 3.05) is 31.6 Å². The van der Waals surface area contributed by atoms with Crippen LogP contribution in [-0.2, 0) is 25.5 Å². The lowest BCUT2D eigenvalue weighted by molar-refractivity contribution is -0.138. The van der Waals surface area contributed by atoms with Crippen LogP contribution < -0.4 is 10.6 Å².